The van der Waals surface area contributed by atoms with E-state index in [-0.39, 0.29) is 11.7 Å². The van der Waals surface area contributed by atoms with Crippen LogP contribution < -0.4 is 0 Å². The molecular weight excluding hydrogens is 342 g/mol. The van der Waals surface area contributed by atoms with Gasteiger partial charge in [-0.3, -0.25) is 4.79 Å². The molecule has 2 aromatic carbocycles. The third-order valence-electron chi connectivity index (χ3n) is 4.15. The molecule has 2 heterocycles. The first-order valence-electron chi connectivity index (χ1n) is 8.49. The highest BCUT2D eigenvalue weighted by atomic mass is 16.5. The van der Waals surface area contributed by atoms with E-state index in [1.807, 2.05) is 66.7 Å². The highest BCUT2D eigenvalue weighted by Crippen LogP contribution is 2.22. The van der Waals surface area contributed by atoms with Crippen LogP contribution in [-0.4, -0.2) is 28.2 Å². The first-order valence-corrected chi connectivity index (χ1v) is 8.49. The van der Waals surface area contributed by atoms with Gasteiger partial charge in [0, 0.05) is 30.3 Å². The van der Waals surface area contributed by atoms with Gasteiger partial charge in [0.1, 0.15) is 11.4 Å². The first kappa shape index (κ1) is 16.8. The zero-order valence-electron chi connectivity index (χ0n) is 14.7. The highest BCUT2D eigenvalue weighted by Gasteiger charge is 2.19. The Labute approximate surface area is 156 Å². The minimum Gasteiger partial charge on any atom is -0.356 e. The molecule has 0 N–H and O–H groups in total. The molecule has 4 aromatic rings. The summed E-state index contributed by atoms with van der Waals surface area (Å²) in [6, 6.07) is 22.7. The fraction of sp³-hybridized carbons (Fsp3) is 0.0952. The van der Waals surface area contributed by atoms with Crippen LogP contribution in [0.2, 0.25) is 0 Å². The van der Waals surface area contributed by atoms with Crippen molar-refractivity contribution in [1.82, 2.24) is 15.2 Å². The maximum atomic E-state index is 12.6. The minimum absolute atomic E-state index is 0.183. The largest absolute Gasteiger partial charge is 0.356 e. The maximum Gasteiger partial charge on any atom is 0.292 e. The Morgan fingerprint density at radius 1 is 0.889 bits per heavy atom. The lowest BCUT2D eigenvalue weighted by molar-refractivity contribution is 0.0740. The van der Waals surface area contributed by atoms with Crippen molar-refractivity contribution in [3.05, 3.63) is 84.3 Å². The molecule has 0 saturated carbocycles. The summed E-state index contributed by atoms with van der Waals surface area (Å²) in [4.78, 5) is 14.1. The number of amides is 1. The number of carbonyl (C=O) groups excluding carboxylic acids is 1. The van der Waals surface area contributed by atoms with Gasteiger partial charge in [-0.2, -0.15) is 0 Å². The van der Waals surface area contributed by atoms with Crippen LogP contribution in [0.25, 0.3) is 22.6 Å². The molecule has 6 heteroatoms. The molecule has 2 aromatic heterocycles. The Morgan fingerprint density at radius 3 is 2.26 bits per heavy atom. The molecule has 0 atom stereocenters. The van der Waals surface area contributed by atoms with E-state index in [4.69, 9.17) is 9.05 Å². The van der Waals surface area contributed by atoms with Gasteiger partial charge < -0.3 is 13.9 Å². The molecule has 0 unspecified atom stereocenters. The van der Waals surface area contributed by atoms with E-state index < -0.39 is 0 Å². The SMILES string of the molecule is CN(Cc1cc(-c2ccccc2)on1)C(=O)c1cc(-c2ccccc2)no1. The lowest BCUT2D eigenvalue weighted by Crippen LogP contribution is -2.25. The van der Waals surface area contributed by atoms with Gasteiger partial charge in [0.15, 0.2) is 5.76 Å². The van der Waals surface area contributed by atoms with Crippen molar-refractivity contribution in [2.75, 3.05) is 7.05 Å². The van der Waals surface area contributed by atoms with Gasteiger partial charge in [-0.05, 0) is 0 Å². The van der Waals surface area contributed by atoms with E-state index in [0.29, 0.717) is 23.7 Å². The fourth-order valence-electron chi connectivity index (χ4n) is 2.75. The average Bonchev–Trinajstić information content (AvgIpc) is 3.39. The molecule has 4 rings (SSSR count). The summed E-state index contributed by atoms with van der Waals surface area (Å²) >= 11 is 0. The molecule has 0 saturated heterocycles. The van der Waals surface area contributed by atoms with Gasteiger partial charge in [-0.1, -0.05) is 71.0 Å². The van der Waals surface area contributed by atoms with Crippen molar-refractivity contribution >= 4 is 5.91 Å². The Morgan fingerprint density at radius 2 is 1.56 bits per heavy atom. The molecular formula is C21H17N3O3. The maximum absolute atomic E-state index is 12.6. The van der Waals surface area contributed by atoms with Crippen molar-refractivity contribution < 1.29 is 13.8 Å². The van der Waals surface area contributed by atoms with Crippen molar-refractivity contribution in [2.45, 2.75) is 6.54 Å². The number of nitrogens with zero attached hydrogens (tertiary/aromatic N) is 3. The standard InChI is InChI=1S/C21H17N3O3/c1-24(14-17-12-19(26-22-17)16-10-6-3-7-11-16)21(25)20-13-18(23-27-20)15-8-4-2-5-9-15/h2-13H,14H2,1H3. The van der Waals surface area contributed by atoms with E-state index in [1.54, 1.807) is 13.1 Å². The van der Waals surface area contributed by atoms with Crippen molar-refractivity contribution in [3.8, 4) is 22.6 Å². The van der Waals surface area contributed by atoms with Crippen LogP contribution in [0.1, 0.15) is 16.2 Å². The fourth-order valence-corrected chi connectivity index (χ4v) is 2.75. The normalized spacial score (nSPS) is 10.7. The van der Waals surface area contributed by atoms with Gasteiger partial charge >= 0.3 is 0 Å². The third kappa shape index (κ3) is 3.64. The Balaban J connectivity index is 1.46. The first-order chi connectivity index (χ1) is 13.2. The molecule has 0 aliphatic rings. The van der Waals surface area contributed by atoms with Crippen LogP contribution in [-0.2, 0) is 6.54 Å². The molecule has 0 aliphatic carbocycles. The van der Waals surface area contributed by atoms with E-state index >= 15 is 0 Å². The molecule has 0 bridgehead atoms. The monoisotopic (exact) mass is 359 g/mol. The predicted molar refractivity (Wildman–Crippen MR) is 99.7 cm³/mol. The van der Waals surface area contributed by atoms with Gasteiger partial charge in [0.05, 0.1) is 6.54 Å². The summed E-state index contributed by atoms with van der Waals surface area (Å²) in [5.41, 5.74) is 3.12. The lowest BCUT2D eigenvalue weighted by Gasteiger charge is -2.12. The number of carbonyl (C=O) groups is 1. The second kappa shape index (κ2) is 7.29. The van der Waals surface area contributed by atoms with E-state index in [1.165, 1.54) is 4.90 Å². The van der Waals surface area contributed by atoms with E-state index in [0.717, 1.165) is 11.1 Å². The molecule has 6 nitrogen and oxygen atoms in total. The number of hydrogen-bond acceptors (Lipinski definition) is 5. The van der Waals surface area contributed by atoms with E-state index in [2.05, 4.69) is 10.3 Å². The van der Waals surface area contributed by atoms with Gasteiger partial charge in [-0.15, -0.1) is 0 Å². The summed E-state index contributed by atoms with van der Waals surface area (Å²) in [6.45, 7) is 0.302. The second-order valence-electron chi connectivity index (χ2n) is 6.15. The predicted octanol–water partition coefficient (Wildman–Crippen LogP) is 4.27. The molecule has 134 valence electrons. The molecule has 1 amide bonds. The zero-order valence-corrected chi connectivity index (χ0v) is 14.7. The zero-order chi connectivity index (χ0) is 18.6. The molecule has 0 fully saturated rings. The van der Waals surface area contributed by atoms with Gasteiger partial charge in [0.2, 0.25) is 5.76 Å². The van der Waals surface area contributed by atoms with Crippen molar-refractivity contribution in [1.29, 1.82) is 0 Å². The van der Waals surface area contributed by atoms with Crippen LogP contribution >= 0.6 is 0 Å². The lowest BCUT2D eigenvalue weighted by atomic mass is 10.1. The van der Waals surface area contributed by atoms with Crippen LogP contribution in [0.5, 0.6) is 0 Å². The number of rotatable bonds is 5. The third-order valence-corrected chi connectivity index (χ3v) is 4.15. The van der Waals surface area contributed by atoms with Crippen LogP contribution in [0, 0.1) is 0 Å². The van der Waals surface area contributed by atoms with E-state index in [9.17, 15) is 4.79 Å². The number of aromatic nitrogens is 2. The van der Waals surface area contributed by atoms with Crippen molar-refractivity contribution in [2.24, 2.45) is 0 Å². The smallest absolute Gasteiger partial charge is 0.292 e. The minimum atomic E-state index is -0.269. The molecule has 0 radical (unpaired) electrons. The van der Waals surface area contributed by atoms with Gasteiger partial charge in [0.25, 0.3) is 5.91 Å². The average molecular weight is 359 g/mol. The summed E-state index contributed by atoms with van der Waals surface area (Å²) in [7, 11) is 1.68. The molecule has 0 aliphatic heterocycles. The summed E-state index contributed by atoms with van der Waals surface area (Å²) in [5.74, 6) is 0.578. The van der Waals surface area contributed by atoms with Gasteiger partial charge in [-0.25, -0.2) is 0 Å². The van der Waals surface area contributed by atoms with Crippen LogP contribution in [0.4, 0.5) is 0 Å². The summed E-state index contributed by atoms with van der Waals surface area (Å²) < 4.78 is 10.6. The van der Waals surface area contributed by atoms with Crippen molar-refractivity contribution in [3.63, 3.8) is 0 Å². The molecule has 0 spiro atoms. The number of hydrogen-bond donors (Lipinski definition) is 0. The second-order valence-corrected chi connectivity index (χ2v) is 6.15. The summed E-state index contributed by atoms with van der Waals surface area (Å²) in [5, 5.41) is 8.03. The Kier molecular flexibility index (Phi) is 4.53. The highest BCUT2D eigenvalue weighted by molar-refractivity contribution is 5.92. The molecule has 27 heavy (non-hydrogen) atoms. The van der Waals surface area contributed by atoms with Crippen LogP contribution in [0.15, 0.2) is 81.8 Å². The quantitative estimate of drug-likeness (QED) is 0.532. The summed E-state index contributed by atoms with van der Waals surface area (Å²) in [6.07, 6.45) is 0. The topological polar surface area (TPSA) is 72.4 Å². The Bertz CT molecular complexity index is 1040. The number of benzene rings is 2. The Hall–Kier alpha value is -3.67. The van der Waals surface area contributed by atoms with Crippen LogP contribution in [0.3, 0.4) is 0 Å².